The van der Waals surface area contributed by atoms with Crippen LogP contribution < -0.4 is 5.32 Å². The first kappa shape index (κ1) is 19.2. The monoisotopic (exact) mass is 391 g/mol. The van der Waals surface area contributed by atoms with Crippen LogP contribution in [0, 0.1) is 12.3 Å². The standard InChI is InChI=1S/C22H25N5O2/c1-5-18-19(13(2)27-29-18)21(28)26-17-11-22(3,4)10-16-15(17)12-24-20(25-16)14-6-8-23-9-7-14/h6-9,12,17H,5,10-11H2,1-4H3,(H,26,28)/t17-/m0/s1. The van der Waals surface area contributed by atoms with Gasteiger partial charge in [0.25, 0.3) is 5.91 Å². The second-order valence-corrected chi connectivity index (χ2v) is 8.32. The number of aromatic nitrogens is 4. The van der Waals surface area contributed by atoms with Crippen molar-refractivity contribution < 1.29 is 9.32 Å². The van der Waals surface area contributed by atoms with Crippen molar-refractivity contribution in [3.05, 3.63) is 59.0 Å². The summed E-state index contributed by atoms with van der Waals surface area (Å²) in [5.41, 5.74) is 4.03. The number of aryl methyl sites for hydroxylation is 2. The summed E-state index contributed by atoms with van der Waals surface area (Å²) in [7, 11) is 0. The van der Waals surface area contributed by atoms with Gasteiger partial charge >= 0.3 is 0 Å². The van der Waals surface area contributed by atoms with Gasteiger partial charge in [-0.15, -0.1) is 0 Å². The van der Waals surface area contributed by atoms with E-state index in [-0.39, 0.29) is 17.4 Å². The lowest BCUT2D eigenvalue weighted by molar-refractivity contribution is 0.0916. The van der Waals surface area contributed by atoms with Crippen molar-refractivity contribution in [2.24, 2.45) is 5.41 Å². The fourth-order valence-corrected chi connectivity index (χ4v) is 4.00. The number of pyridine rings is 1. The predicted molar refractivity (Wildman–Crippen MR) is 108 cm³/mol. The Hall–Kier alpha value is -3.09. The topological polar surface area (TPSA) is 93.8 Å². The first-order chi connectivity index (χ1) is 13.9. The van der Waals surface area contributed by atoms with Crippen molar-refractivity contribution in [3.8, 4) is 11.4 Å². The molecule has 1 amide bonds. The number of nitrogens with one attached hydrogen (secondary N) is 1. The minimum absolute atomic E-state index is 0.00604. The molecule has 0 spiro atoms. The number of rotatable bonds is 4. The fraction of sp³-hybridized carbons (Fsp3) is 0.409. The minimum Gasteiger partial charge on any atom is -0.360 e. The second kappa shape index (κ2) is 7.39. The highest BCUT2D eigenvalue weighted by Crippen LogP contribution is 2.40. The van der Waals surface area contributed by atoms with Gasteiger partial charge in [0.05, 0.1) is 17.4 Å². The van der Waals surface area contributed by atoms with E-state index >= 15 is 0 Å². The summed E-state index contributed by atoms with van der Waals surface area (Å²) in [5.74, 6) is 1.13. The van der Waals surface area contributed by atoms with Gasteiger partial charge in [-0.3, -0.25) is 9.78 Å². The molecule has 0 bridgehead atoms. The lowest BCUT2D eigenvalue weighted by Gasteiger charge is -2.36. The van der Waals surface area contributed by atoms with E-state index in [9.17, 15) is 4.79 Å². The van der Waals surface area contributed by atoms with Crippen molar-refractivity contribution in [2.45, 2.75) is 53.0 Å². The lowest BCUT2D eigenvalue weighted by Crippen LogP contribution is -2.37. The van der Waals surface area contributed by atoms with Crippen LogP contribution in [0.25, 0.3) is 11.4 Å². The van der Waals surface area contributed by atoms with E-state index < -0.39 is 0 Å². The van der Waals surface area contributed by atoms with Crippen molar-refractivity contribution in [1.29, 1.82) is 0 Å². The third-order valence-corrected chi connectivity index (χ3v) is 5.40. The van der Waals surface area contributed by atoms with Crippen LogP contribution in [0.5, 0.6) is 0 Å². The first-order valence-electron chi connectivity index (χ1n) is 9.90. The number of amides is 1. The van der Waals surface area contributed by atoms with Gasteiger partial charge < -0.3 is 9.84 Å². The Kier molecular flexibility index (Phi) is 4.90. The van der Waals surface area contributed by atoms with E-state index in [0.717, 1.165) is 29.7 Å². The zero-order valence-electron chi connectivity index (χ0n) is 17.2. The summed E-state index contributed by atoms with van der Waals surface area (Å²) in [5, 5.41) is 7.13. The maximum absolute atomic E-state index is 13.0. The molecule has 29 heavy (non-hydrogen) atoms. The van der Waals surface area contributed by atoms with Crippen molar-refractivity contribution >= 4 is 5.91 Å². The number of hydrogen-bond acceptors (Lipinski definition) is 6. The van der Waals surface area contributed by atoms with Crippen LogP contribution in [0.4, 0.5) is 0 Å². The molecular weight excluding hydrogens is 366 g/mol. The van der Waals surface area contributed by atoms with Gasteiger partial charge in [0, 0.05) is 36.1 Å². The Labute approximate surface area is 170 Å². The van der Waals surface area contributed by atoms with Crippen LogP contribution in [0.2, 0.25) is 0 Å². The van der Waals surface area contributed by atoms with E-state index in [2.05, 4.69) is 34.3 Å². The van der Waals surface area contributed by atoms with Gasteiger partial charge in [0.1, 0.15) is 11.3 Å². The van der Waals surface area contributed by atoms with Crippen LogP contribution in [-0.2, 0) is 12.8 Å². The molecular formula is C22H25N5O2. The van der Waals surface area contributed by atoms with Crippen LogP contribution in [0.3, 0.4) is 0 Å². The summed E-state index contributed by atoms with van der Waals surface area (Å²) in [6.45, 7) is 8.14. The molecule has 0 saturated carbocycles. The van der Waals surface area contributed by atoms with E-state index in [1.807, 2.05) is 25.3 Å². The summed E-state index contributed by atoms with van der Waals surface area (Å²) < 4.78 is 5.29. The largest absolute Gasteiger partial charge is 0.360 e. The maximum atomic E-state index is 13.0. The van der Waals surface area contributed by atoms with Crippen LogP contribution in [-0.4, -0.2) is 26.0 Å². The first-order valence-corrected chi connectivity index (χ1v) is 9.90. The highest BCUT2D eigenvalue weighted by molar-refractivity contribution is 5.96. The second-order valence-electron chi connectivity index (χ2n) is 8.32. The van der Waals surface area contributed by atoms with Gasteiger partial charge in [0.15, 0.2) is 5.82 Å². The molecule has 7 nitrogen and oxygen atoms in total. The predicted octanol–water partition coefficient (Wildman–Crippen LogP) is 3.84. The van der Waals surface area contributed by atoms with Gasteiger partial charge in [0.2, 0.25) is 0 Å². The SMILES string of the molecule is CCc1onc(C)c1C(=O)N[C@H]1CC(C)(C)Cc2nc(-c3ccncc3)ncc21. The Morgan fingerprint density at radius 3 is 2.79 bits per heavy atom. The van der Waals surface area contributed by atoms with E-state index in [1.165, 1.54) is 0 Å². The van der Waals surface area contributed by atoms with Crippen molar-refractivity contribution in [3.63, 3.8) is 0 Å². The molecule has 1 atom stereocenters. The molecule has 0 saturated heterocycles. The molecule has 0 unspecified atom stereocenters. The molecule has 3 aromatic heterocycles. The maximum Gasteiger partial charge on any atom is 0.257 e. The molecule has 0 aliphatic heterocycles. The number of fused-ring (bicyclic) bond motifs is 1. The number of carbonyl (C=O) groups excluding carboxylic acids is 1. The number of hydrogen-bond donors (Lipinski definition) is 1. The van der Waals surface area contributed by atoms with Crippen LogP contribution in [0.15, 0.2) is 35.2 Å². The molecule has 1 N–H and O–H groups in total. The molecule has 3 heterocycles. The van der Waals surface area contributed by atoms with Gasteiger partial charge in [-0.05, 0) is 37.3 Å². The van der Waals surface area contributed by atoms with Gasteiger partial charge in [-0.1, -0.05) is 25.9 Å². The zero-order chi connectivity index (χ0) is 20.6. The Balaban J connectivity index is 1.67. The van der Waals surface area contributed by atoms with E-state index in [4.69, 9.17) is 9.51 Å². The molecule has 4 rings (SSSR count). The molecule has 0 fully saturated rings. The average Bonchev–Trinajstić information content (AvgIpc) is 3.08. The normalized spacial score (nSPS) is 17.6. The molecule has 0 aromatic carbocycles. The zero-order valence-corrected chi connectivity index (χ0v) is 17.2. The smallest absolute Gasteiger partial charge is 0.257 e. The summed E-state index contributed by atoms with van der Waals surface area (Å²) in [6.07, 6.45) is 7.58. The third-order valence-electron chi connectivity index (χ3n) is 5.40. The quantitative estimate of drug-likeness (QED) is 0.726. The van der Waals surface area contributed by atoms with E-state index in [1.54, 1.807) is 19.3 Å². The van der Waals surface area contributed by atoms with Crippen LogP contribution in [0.1, 0.15) is 66.3 Å². The third kappa shape index (κ3) is 3.77. The summed E-state index contributed by atoms with van der Waals surface area (Å²) in [6, 6.07) is 3.64. The van der Waals surface area contributed by atoms with Gasteiger partial charge in [-0.25, -0.2) is 9.97 Å². The van der Waals surface area contributed by atoms with Crippen molar-refractivity contribution in [1.82, 2.24) is 25.4 Å². The lowest BCUT2D eigenvalue weighted by atomic mass is 9.74. The molecule has 1 aliphatic carbocycles. The van der Waals surface area contributed by atoms with E-state index in [0.29, 0.717) is 29.3 Å². The highest BCUT2D eigenvalue weighted by atomic mass is 16.5. The van der Waals surface area contributed by atoms with Crippen molar-refractivity contribution in [2.75, 3.05) is 0 Å². The molecule has 7 heteroatoms. The molecule has 3 aromatic rings. The highest BCUT2D eigenvalue weighted by Gasteiger charge is 2.35. The Bertz CT molecular complexity index is 1040. The molecule has 1 aliphatic rings. The van der Waals surface area contributed by atoms with Crippen LogP contribution >= 0.6 is 0 Å². The molecule has 150 valence electrons. The average molecular weight is 391 g/mol. The summed E-state index contributed by atoms with van der Waals surface area (Å²) >= 11 is 0. The minimum atomic E-state index is -0.160. The molecule has 0 radical (unpaired) electrons. The Morgan fingerprint density at radius 2 is 2.07 bits per heavy atom. The van der Waals surface area contributed by atoms with Gasteiger partial charge in [-0.2, -0.15) is 0 Å². The Morgan fingerprint density at radius 1 is 1.31 bits per heavy atom. The number of carbonyl (C=O) groups is 1. The summed E-state index contributed by atoms with van der Waals surface area (Å²) in [4.78, 5) is 26.5. The fourth-order valence-electron chi connectivity index (χ4n) is 4.00. The number of nitrogens with zero attached hydrogens (tertiary/aromatic N) is 4.